The molecule has 0 saturated carbocycles. The number of nitrogens with zero attached hydrogens (tertiary/aromatic N) is 2. The van der Waals surface area contributed by atoms with Gasteiger partial charge in [0.2, 0.25) is 11.8 Å². The number of nitrogens with one attached hydrogen (secondary N) is 1. The second-order valence-corrected chi connectivity index (χ2v) is 11.1. The molecule has 3 aromatic carbocycles. The summed E-state index contributed by atoms with van der Waals surface area (Å²) in [4.78, 5) is 28.7. The van der Waals surface area contributed by atoms with Crippen LogP contribution in [0.3, 0.4) is 0 Å². The van der Waals surface area contributed by atoms with Crippen LogP contribution in [0.15, 0.2) is 83.8 Å². The minimum Gasteiger partial charge on any atom is -0.497 e. The zero-order valence-corrected chi connectivity index (χ0v) is 23.8. The number of aryl methyl sites for hydroxylation is 1. The van der Waals surface area contributed by atoms with E-state index in [0.29, 0.717) is 18.7 Å². The molecule has 8 nitrogen and oxygen atoms in total. The molecule has 9 heteroatoms. The second-order valence-electron chi connectivity index (χ2n) is 9.25. The molecule has 0 heterocycles. The molecule has 3 aromatic rings. The number of rotatable bonds is 13. The lowest BCUT2D eigenvalue weighted by Gasteiger charge is -2.33. The summed E-state index contributed by atoms with van der Waals surface area (Å²) in [7, 11) is -2.63. The number of carbonyl (C=O) groups is 2. The Hall–Kier alpha value is -3.85. The molecule has 0 radical (unpaired) electrons. The minimum atomic E-state index is -4.12. The van der Waals surface area contributed by atoms with Crippen LogP contribution in [0.1, 0.15) is 37.8 Å². The van der Waals surface area contributed by atoms with E-state index < -0.39 is 28.5 Å². The number of anilines is 1. The minimum absolute atomic E-state index is 0.0541. The molecule has 0 spiro atoms. The fourth-order valence-electron chi connectivity index (χ4n) is 4.19. The first-order chi connectivity index (χ1) is 18.7. The second kappa shape index (κ2) is 13.8. The largest absolute Gasteiger partial charge is 0.497 e. The number of ether oxygens (including phenoxy) is 1. The average molecular weight is 552 g/mol. The van der Waals surface area contributed by atoms with Crippen LogP contribution >= 0.6 is 0 Å². The van der Waals surface area contributed by atoms with E-state index in [-0.39, 0.29) is 23.0 Å². The SMILES string of the molecule is CCCNC(=O)C(CC)N(Cc1ccc(C)cc1)C(=O)CN(c1cccc(OC)c1)S(=O)(=O)c1ccccc1. The summed E-state index contributed by atoms with van der Waals surface area (Å²) in [6.07, 6.45) is 1.13. The van der Waals surface area contributed by atoms with Crippen LogP contribution in [-0.2, 0) is 26.2 Å². The molecule has 3 rings (SSSR count). The number of hydrogen-bond donors (Lipinski definition) is 1. The molecule has 1 unspecified atom stereocenters. The van der Waals surface area contributed by atoms with Gasteiger partial charge in [0.05, 0.1) is 17.7 Å². The maximum absolute atomic E-state index is 14.0. The summed E-state index contributed by atoms with van der Waals surface area (Å²) < 4.78 is 34.1. The molecule has 208 valence electrons. The van der Waals surface area contributed by atoms with Crippen LogP contribution in [-0.4, -0.2) is 51.4 Å². The van der Waals surface area contributed by atoms with Crippen molar-refractivity contribution in [3.8, 4) is 5.75 Å². The lowest BCUT2D eigenvalue weighted by Crippen LogP contribution is -2.52. The molecule has 1 N–H and O–H groups in total. The van der Waals surface area contributed by atoms with Gasteiger partial charge >= 0.3 is 0 Å². The van der Waals surface area contributed by atoms with Gasteiger partial charge < -0.3 is 15.0 Å². The fourth-order valence-corrected chi connectivity index (χ4v) is 5.62. The Morgan fingerprint density at radius 3 is 2.26 bits per heavy atom. The maximum atomic E-state index is 14.0. The van der Waals surface area contributed by atoms with Gasteiger partial charge in [-0.05, 0) is 49.6 Å². The van der Waals surface area contributed by atoms with Gasteiger partial charge in [0.1, 0.15) is 18.3 Å². The summed E-state index contributed by atoms with van der Waals surface area (Å²) >= 11 is 0. The summed E-state index contributed by atoms with van der Waals surface area (Å²) in [5.41, 5.74) is 2.20. The topological polar surface area (TPSA) is 96.0 Å². The highest BCUT2D eigenvalue weighted by Gasteiger charge is 2.33. The third-order valence-electron chi connectivity index (χ3n) is 6.36. The maximum Gasteiger partial charge on any atom is 0.264 e. The van der Waals surface area contributed by atoms with Crippen LogP contribution < -0.4 is 14.4 Å². The summed E-state index contributed by atoms with van der Waals surface area (Å²) in [6, 6.07) is 21.5. The van der Waals surface area contributed by atoms with Crippen molar-refractivity contribution in [2.75, 3.05) is 24.5 Å². The highest BCUT2D eigenvalue weighted by Crippen LogP contribution is 2.27. The van der Waals surface area contributed by atoms with E-state index in [1.165, 1.54) is 24.1 Å². The Balaban J connectivity index is 2.05. The smallest absolute Gasteiger partial charge is 0.264 e. The van der Waals surface area contributed by atoms with E-state index in [0.717, 1.165) is 21.9 Å². The van der Waals surface area contributed by atoms with Crippen molar-refractivity contribution in [2.45, 2.75) is 51.1 Å². The monoisotopic (exact) mass is 551 g/mol. The molecule has 0 aromatic heterocycles. The Morgan fingerprint density at radius 1 is 0.949 bits per heavy atom. The highest BCUT2D eigenvalue weighted by molar-refractivity contribution is 7.92. The van der Waals surface area contributed by atoms with Gasteiger partial charge in [-0.2, -0.15) is 0 Å². The number of sulfonamides is 1. The molecule has 0 saturated heterocycles. The van der Waals surface area contributed by atoms with Crippen molar-refractivity contribution in [1.29, 1.82) is 0 Å². The molecule has 2 amide bonds. The summed E-state index contributed by atoms with van der Waals surface area (Å²) in [6.45, 7) is 5.92. The highest BCUT2D eigenvalue weighted by atomic mass is 32.2. The van der Waals surface area contributed by atoms with E-state index in [1.54, 1.807) is 42.5 Å². The van der Waals surface area contributed by atoms with E-state index in [4.69, 9.17) is 4.74 Å². The van der Waals surface area contributed by atoms with Crippen LogP contribution in [0.2, 0.25) is 0 Å². The fraction of sp³-hybridized carbons (Fsp3) is 0.333. The quantitative estimate of drug-likeness (QED) is 0.337. The molecular weight excluding hydrogens is 514 g/mol. The number of benzene rings is 3. The van der Waals surface area contributed by atoms with Gasteiger partial charge in [-0.15, -0.1) is 0 Å². The van der Waals surface area contributed by atoms with Gasteiger partial charge in [-0.3, -0.25) is 13.9 Å². The van der Waals surface area contributed by atoms with E-state index >= 15 is 0 Å². The van der Waals surface area contributed by atoms with E-state index in [1.807, 2.05) is 45.0 Å². The number of hydrogen-bond acceptors (Lipinski definition) is 5. The number of carbonyl (C=O) groups excluding carboxylic acids is 2. The van der Waals surface area contributed by atoms with Crippen molar-refractivity contribution in [3.05, 3.63) is 90.0 Å². The summed E-state index contributed by atoms with van der Waals surface area (Å²) in [5, 5.41) is 2.89. The molecular formula is C30H37N3O5S. The van der Waals surface area contributed by atoms with E-state index in [9.17, 15) is 18.0 Å². The number of methoxy groups -OCH3 is 1. The first kappa shape index (κ1) is 29.7. The van der Waals surface area contributed by atoms with Crippen LogP contribution in [0.25, 0.3) is 0 Å². The van der Waals surface area contributed by atoms with Gasteiger partial charge in [0.15, 0.2) is 0 Å². The molecule has 0 aliphatic rings. The van der Waals surface area contributed by atoms with Gasteiger partial charge in [0.25, 0.3) is 10.0 Å². The van der Waals surface area contributed by atoms with Crippen LogP contribution in [0.5, 0.6) is 5.75 Å². The van der Waals surface area contributed by atoms with Crippen molar-refractivity contribution in [2.24, 2.45) is 0 Å². The zero-order chi connectivity index (χ0) is 28.4. The zero-order valence-electron chi connectivity index (χ0n) is 23.0. The Labute approximate surface area is 231 Å². The predicted molar refractivity (Wildman–Crippen MR) is 153 cm³/mol. The van der Waals surface area contributed by atoms with Crippen LogP contribution in [0.4, 0.5) is 5.69 Å². The Kier molecular flexibility index (Phi) is 10.5. The van der Waals surface area contributed by atoms with Gasteiger partial charge in [0, 0.05) is 19.2 Å². The normalized spacial score (nSPS) is 11.9. The molecule has 0 bridgehead atoms. The lowest BCUT2D eigenvalue weighted by molar-refractivity contribution is -0.140. The third-order valence-corrected chi connectivity index (χ3v) is 8.15. The first-order valence-electron chi connectivity index (χ1n) is 13.1. The number of amides is 2. The van der Waals surface area contributed by atoms with Gasteiger partial charge in [-0.25, -0.2) is 8.42 Å². The van der Waals surface area contributed by atoms with Crippen molar-refractivity contribution in [1.82, 2.24) is 10.2 Å². The molecule has 0 aliphatic carbocycles. The Morgan fingerprint density at radius 2 is 1.64 bits per heavy atom. The molecule has 39 heavy (non-hydrogen) atoms. The molecule has 1 atom stereocenters. The lowest BCUT2D eigenvalue weighted by atomic mass is 10.1. The third kappa shape index (κ3) is 7.60. The standard InChI is InChI=1S/C30H37N3O5S/c1-5-19-31-30(35)28(6-2)32(21-24-17-15-23(3)16-18-24)29(34)22-33(25-11-10-12-26(20-25)38-4)39(36,37)27-13-8-7-9-14-27/h7-18,20,28H,5-6,19,21-22H2,1-4H3,(H,31,35). The van der Waals surface area contributed by atoms with Crippen LogP contribution in [0, 0.1) is 6.92 Å². The first-order valence-corrected chi connectivity index (χ1v) is 14.5. The van der Waals surface area contributed by atoms with Gasteiger partial charge in [-0.1, -0.05) is 67.9 Å². The van der Waals surface area contributed by atoms with Crippen molar-refractivity contribution < 1.29 is 22.7 Å². The Bertz CT molecular complexity index is 1340. The van der Waals surface area contributed by atoms with E-state index in [2.05, 4.69) is 5.32 Å². The van der Waals surface area contributed by atoms with Crippen molar-refractivity contribution in [3.63, 3.8) is 0 Å². The predicted octanol–water partition coefficient (Wildman–Crippen LogP) is 4.53. The molecule has 0 aliphatic heterocycles. The average Bonchev–Trinajstić information content (AvgIpc) is 2.95. The summed E-state index contributed by atoms with van der Waals surface area (Å²) in [5.74, 6) is -0.301. The molecule has 0 fully saturated rings. The van der Waals surface area contributed by atoms with Crippen molar-refractivity contribution >= 4 is 27.5 Å².